The largest absolute Gasteiger partial charge is 0.586 e. The molecule has 0 aromatic heterocycles. The molecule has 0 aliphatic carbocycles. The fourth-order valence-corrected chi connectivity index (χ4v) is 1.92. The molecule has 0 saturated heterocycles. The zero-order valence-corrected chi connectivity index (χ0v) is 10.3. The van der Waals surface area contributed by atoms with E-state index in [1.165, 1.54) is 12.1 Å². The highest BCUT2D eigenvalue weighted by Crippen LogP contribution is 2.43. The number of benzene rings is 1. The van der Waals surface area contributed by atoms with Gasteiger partial charge in [-0.25, -0.2) is 0 Å². The van der Waals surface area contributed by atoms with Gasteiger partial charge in [0, 0.05) is 16.2 Å². The van der Waals surface area contributed by atoms with Crippen molar-refractivity contribution in [2.45, 2.75) is 6.29 Å². The predicted molar refractivity (Wildman–Crippen MR) is 64.0 cm³/mol. The molecule has 0 bridgehead atoms. The fourth-order valence-electron chi connectivity index (χ4n) is 1.29. The Labute approximate surface area is 105 Å². The molecule has 0 unspecified atom stereocenters. The lowest BCUT2D eigenvalue weighted by molar-refractivity contribution is -0.286. The van der Waals surface area contributed by atoms with Crippen molar-refractivity contribution in [2.24, 2.45) is 0 Å². The highest BCUT2D eigenvalue weighted by atomic mass is 127. The van der Waals surface area contributed by atoms with Crippen LogP contribution in [0, 0.1) is 3.57 Å². The van der Waals surface area contributed by atoms with E-state index >= 15 is 0 Å². The van der Waals surface area contributed by atoms with Crippen molar-refractivity contribution in [3.63, 3.8) is 0 Å². The second-order valence-corrected chi connectivity index (χ2v) is 4.28. The van der Waals surface area contributed by atoms with Crippen molar-refractivity contribution in [3.8, 4) is 11.5 Å². The Kier molecular flexibility index (Phi) is 2.92. The van der Waals surface area contributed by atoms with Gasteiger partial charge >= 0.3 is 6.29 Å². The summed E-state index contributed by atoms with van der Waals surface area (Å²) in [7, 11) is 0. The van der Waals surface area contributed by atoms with Crippen LogP contribution in [0.5, 0.6) is 11.5 Å². The second kappa shape index (κ2) is 4.08. The van der Waals surface area contributed by atoms with Gasteiger partial charge in [0.25, 0.3) is 0 Å². The van der Waals surface area contributed by atoms with Crippen LogP contribution < -0.4 is 14.8 Å². The summed E-state index contributed by atoms with van der Waals surface area (Å²) in [6.45, 7) is 4.11. The van der Waals surface area contributed by atoms with Gasteiger partial charge in [-0.15, -0.1) is 15.4 Å². The van der Waals surface area contributed by atoms with Gasteiger partial charge in [0.2, 0.25) is 0 Å². The third kappa shape index (κ3) is 2.21. The fraction of sp³-hybridized carbons (Fsp3) is 0.200. The maximum atomic E-state index is 12.8. The smallest absolute Gasteiger partial charge is 0.395 e. The van der Waals surface area contributed by atoms with Crippen molar-refractivity contribution >= 4 is 28.3 Å². The monoisotopic (exact) mass is 339 g/mol. The van der Waals surface area contributed by atoms with Crippen LogP contribution >= 0.6 is 22.6 Å². The Balaban J connectivity index is 2.29. The summed E-state index contributed by atoms with van der Waals surface area (Å²) in [4.78, 5) is 0. The normalized spacial score (nSPS) is 15.9. The van der Waals surface area contributed by atoms with Crippen LogP contribution in [-0.4, -0.2) is 12.8 Å². The zero-order chi connectivity index (χ0) is 11.8. The molecule has 0 amide bonds. The molecule has 0 fully saturated rings. The van der Waals surface area contributed by atoms with Crippen LogP contribution in [0.3, 0.4) is 0 Å². The Morgan fingerprint density at radius 2 is 2.00 bits per heavy atom. The van der Waals surface area contributed by atoms with E-state index in [4.69, 9.17) is 0 Å². The molecule has 1 aromatic rings. The average molecular weight is 339 g/mol. The van der Waals surface area contributed by atoms with E-state index in [0.29, 0.717) is 12.2 Å². The molecule has 0 saturated carbocycles. The molecular weight excluding hydrogens is 331 g/mol. The van der Waals surface area contributed by atoms with Gasteiger partial charge in [-0.05, 0) is 28.7 Å². The van der Waals surface area contributed by atoms with E-state index in [-0.39, 0.29) is 11.5 Å². The molecule has 1 aliphatic heterocycles. The van der Waals surface area contributed by atoms with Crippen molar-refractivity contribution in [3.05, 3.63) is 28.4 Å². The molecule has 0 radical (unpaired) electrons. The van der Waals surface area contributed by atoms with Gasteiger partial charge in [-0.2, -0.15) is 0 Å². The number of rotatable bonds is 3. The van der Waals surface area contributed by atoms with E-state index in [1.54, 1.807) is 6.08 Å². The number of halogens is 3. The number of alkyl halides is 2. The third-order valence-electron chi connectivity index (χ3n) is 1.93. The summed E-state index contributed by atoms with van der Waals surface area (Å²) in [5.41, 5.74) is 0.709. The Hall–Kier alpha value is -1.05. The minimum absolute atomic E-state index is 0.0389. The van der Waals surface area contributed by atoms with Crippen molar-refractivity contribution < 1.29 is 18.3 Å². The summed E-state index contributed by atoms with van der Waals surface area (Å²) in [5, 5.41) is 3.01. The van der Waals surface area contributed by atoms with Crippen LogP contribution in [0.2, 0.25) is 0 Å². The number of nitrogens with one attached hydrogen (secondary N) is 1. The molecule has 1 aromatic carbocycles. The molecule has 2 rings (SSSR count). The summed E-state index contributed by atoms with van der Waals surface area (Å²) >= 11 is 2.03. The zero-order valence-electron chi connectivity index (χ0n) is 8.10. The topological polar surface area (TPSA) is 30.5 Å². The number of fused-ring (bicyclic) bond motifs is 1. The van der Waals surface area contributed by atoms with Crippen molar-refractivity contribution in [2.75, 3.05) is 11.9 Å². The molecule has 16 heavy (non-hydrogen) atoms. The highest BCUT2D eigenvalue weighted by Gasteiger charge is 2.43. The van der Waals surface area contributed by atoms with Gasteiger partial charge in [0.05, 0.1) is 5.69 Å². The average Bonchev–Trinajstić information content (AvgIpc) is 2.47. The molecule has 86 valence electrons. The Bertz CT molecular complexity index is 437. The van der Waals surface area contributed by atoms with Gasteiger partial charge in [0.15, 0.2) is 11.5 Å². The minimum atomic E-state index is -3.57. The van der Waals surface area contributed by atoms with Crippen molar-refractivity contribution in [1.82, 2.24) is 0 Å². The van der Waals surface area contributed by atoms with E-state index in [0.717, 1.165) is 3.57 Å². The van der Waals surface area contributed by atoms with Gasteiger partial charge in [-0.3, -0.25) is 0 Å². The molecule has 1 N–H and O–H groups in total. The first kappa shape index (κ1) is 11.4. The maximum Gasteiger partial charge on any atom is 0.586 e. The van der Waals surface area contributed by atoms with Crippen LogP contribution in [0.25, 0.3) is 0 Å². The Morgan fingerprint density at radius 3 is 2.62 bits per heavy atom. The molecule has 0 atom stereocenters. The van der Waals surface area contributed by atoms with E-state index in [1.807, 2.05) is 22.6 Å². The minimum Gasteiger partial charge on any atom is -0.395 e. The summed E-state index contributed by atoms with van der Waals surface area (Å²) in [6, 6.07) is 2.99. The number of hydrogen-bond acceptors (Lipinski definition) is 3. The number of ether oxygens (including phenoxy) is 2. The van der Waals surface area contributed by atoms with Gasteiger partial charge in [-0.1, -0.05) is 6.08 Å². The second-order valence-electron chi connectivity index (χ2n) is 3.12. The SMILES string of the molecule is C=CCNc1cc2c(cc1I)OC(F)(F)O2. The van der Waals surface area contributed by atoms with Crippen molar-refractivity contribution in [1.29, 1.82) is 0 Å². The van der Waals surface area contributed by atoms with E-state index in [2.05, 4.69) is 21.4 Å². The Morgan fingerprint density at radius 1 is 1.38 bits per heavy atom. The lowest BCUT2D eigenvalue weighted by Crippen LogP contribution is -2.25. The molecule has 0 spiro atoms. The number of hydrogen-bond donors (Lipinski definition) is 1. The van der Waals surface area contributed by atoms with Crippen LogP contribution in [0.15, 0.2) is 24.8 Å². The predicted octanol–water partition coefficient (Wildman–Crippen LogP) is 3.21. The van der Waals surface area contributed by atoms with Crippen LogP contribution in [0.1, 0.15) is 0 Å². The lowest BCUT2D eigenvalue weighted by atomic mass is 10.3. The summed E-state index contributed by atoms with van der Waals surface area (Å²) in [5.74, 6) is 0.0931. The first-order valence-corrected chi connectivity index (χ1v) is 5.54. The van der Waals surface area contributed by atoms with Crippen LogP contribution in [-0.2, 0) is 0 Å². The molecule has 1 heterocycles. The van der Waals surface area contributed by atoms with Gasteiger partial charge in [0.1, 0.15) is 0 Å². The summed E-state index contributed by atoms with van der Waals surface area (Å²) in [6.07, 6.45) is -1.89. The standard InChI is InChI=1S/C10H8F2INO2/c1-2-3-14-7-5-9-8(4-6(7)13)15-10(11,12)16-9/h2,4-5,14H,1,3H2. The molecule has 1 aliphatic rings. The first-order valence-electron chi connectivity index (χ1n) is 4.46. The quantitative estimate of drug-likeness (QED) is 0.678. The number of anilines is 1. The molecular formula is C10H8F2INO2. The molecule has 6 heteroatoms. The first-order chi connectivity index (χ1) is 7.52. The van der Waals surface area contributed by atoms with E-state index in [9.17, 15) is 8.78 Å². The molecule has 3 nitrogen and oxygen atoms in total. The highest BCUT2D eigenvalue weighted by molar-refractivity contribution is 14.1. The summed E-state index contributed by atoms with van der Waals surface area (Å²) < 4.78 is 35.0. The third-order valence-corrected chi connectivity index (χ3v) is 2.82. The lowest BCUT2D eigenvalue weighted by Gasteiger charge is -2.06. The maximum absolute atomic E-state index is 12.8. The van der Waals surface area contributed by atoms with Crippen LogP contribution in [0.4, 0.5) is 14.5 Å². The van der Waals surface area contributed by atoms with Gasteiger partial charge < -0.3 is 14.8 Å². The van der Waals surface area contributed by atoms with E-state index < -0.39 is 6.29 Å².